The normalized spacial score (nSPS) is 10.5. The van der Waals surface area contributed by atoms with Crippen LogP contribution in [-0.2, 0) is 0 Å². The van der Waals surface area contributed by atoms with Gasteiger partial charge in [0.25, 0.3) is 5.56 Å². The van der Waals surface area contributed by atoms with Crippen molar-refractivity contribution in [1.82, 2.24) is 9.97 Å². The Bertz CT molecular complexity index is 915. The lowest BCUT2D eigenvalue weighted by Crippen LogP contribution is -2.11. The summed E-state index contributed by atoms with van der Waals surface area (Å²) in [7, 11) is 4.71. The van der Waals surface area contributed by atoms with E-state index in [1.54, 1.807) is 57.7 Å². The van der Waals surface area contributed by atoms with Gasteiger partial charge in [0, 0.05) is 30.0 Å². The van der Waals surface area contributed by atoms with Crippen LogP contribution in [0.2, 0.25) is 0 Å². The van der Waals surface area contributed by atoms with Crippen LogP contribution in [0.4, 0.5) is 11.6 Å². The average molecular weight is 327 g/mol. The number of H-pyrrole nitrogens is 1. The first-order chi connectivity index (χ1) is 11.6. The lowest BCUT2D eigenvalue weighted by Gasteiger charge is -2.10. The van der Waals surface area contributed by atoms with Crippen molar-refractivity contribution in [2.45, 2.75) is 0 Å². The Morgan fingerprint density at radius 1 is 0.917 bits per heavy atom. The summed E-state index contributed by atoms with van der Waals surface area (Å²) in [5, 5.41) is 3.55. The van der Waals surface area contributed by atoms with Gasteiger partial charge in [-0.15, -0.1) is 0 Å². The molecule has 3 rings (SSSR count). The largest absolute Gasteiger partial charge is 0.497 e. The van der Waals surface area contributed by atoms with Crippen LogP contribution in [0, 0.1) is 0 Å². The fourth-order valence-electron chi connectivity index (χ4n) is 2.32. The zero-order chi connectivity index (χ0) is 17.1. The number of fused-ring (bicyclic) bond motifs is 1. The second kappa shape index (κ2) is 6.49. The van der Waals surface area contributed by atoms with Gasteiger partial charge >= 0.3 is 0 Å². The fourth-order valence-corrected chi connectivity index (χ4v) is 2.32. The molecule has 3 aromatic rings. The molecule has 124 valence electrons. The number of hydrogen-bond acceptors (Lipinski definition) is 6. The quantitative estimate of drug-likeness (QED) is 0.749. The predicted octanol–water partition coefficient (Wildman–Crippen LogP) is 2.69. The summed E-state index contributed by atoms with van der Waals surface area (Å²) in [6, 6.07) is 10.4. The van der Waals surface area contributed by atoms with Gasteiger partial charge in [0.1, 0.15) is 17.2 Å². The molecule has 0 amide bonds. The lowest BCUT2D eigenvalue weighted by molar-refractivity contribution is 0.395. The molecule has 0 aliphatic rings. The minimum Gasteiger partial charge on any atom is -0.497 e. The van der Waals surface area contributed by atoms with E-state index in [1.807, 2.05) is 0 Å². The van der Waals surface area contributed by atoms with Crippen molar-refractivity contribution >= 4 is 22.5 Å². The summed E-state index contributed by atoms with van der Waals surface area (Å²) >= 11 is 0. The Hall–Kier alpha value is -3.22. The molecule has 0 saturated heterocycles. The Kier molecular flexibility index (Phi) is 4.24. The molecule has 7 nitrogen and oxygen atoms in total. The number of rotatable bonds is 5. The number of aromatic amines is 1. The molecule has 0 radical (unpaired) electrons. The van der Waals surface area contributed by atoms with Crippen molar-refractivity contribution in [3.8, 4) is 17.2 Å². The maximum atomic E-state index is 12.2. The first-order valence-corrected chi connectivity index (χ1v) is 7.21. The SMILES string of the molecule is COc1cc(Nc2nc3cc(OC)ccc3c(=O)[nH]2)cc(OC)c1. The first-order valence-electron chi connectivity index (χ1n) is 7.21. The number of ether oxygens (including phenoxy) is 3. The van der Waals surface area contributed by atoms with Gasteiger partial charge in [0.15, 0.2) is 0 Å². The minimum absolute atomic E-state index is 0.236. The highest BCUT2D eigenvalue weighted by Gasteiger charge is 2.07. The van der Waals surface area contributed by atoms with Gasteiger partial charge in [-0.05, 0) is 12.1 Å². The van der Waals surface area contributed by atoms with E-state index >= 15 is 0 Å². The van der Waals surface area contributed by atoms with Gasteiger partial charge in [-0.3, -0.25) is 9.78 Å². The van der Waals surface area contributed by atoms with Gasteiger partial charge in [-0.2, -0.15) is 0 Å². The molecular formula is C17H17N3O4. The summed E-state index contributed by atoms with van der Waals surface area (Å²) < 4.78 is 15.6. The molecule has 0 aliphatic heterocycles. The third-order valence-electron chi connectivity index (χ3n) is 3.53. The van der Waals surface area contributed by atoms with E-state index in [4.69, 9.17) is 14.2 Å². The maximum absolute atomic E-state index is 12.2. The molecule has 1 aromatic heterocycles. The molecule has 1 heterocycles. The number of nitrogens with zero attached hydrogens (tertiary/aromatic N) is 1. The Morgan fingerprint density at radius 3 is 2.21 bits per heavy atom. The molecule has 0 unspecified atom stereocenters. The van der Waals surface area contributed by atoms with Crippen molar-refractivity contribution in [3.63, 3.8) is 0 Å². The first kappa shape index (κ1) is 15.7. The number of aromatic nitrogens is 2. The monoisotopic (exact) mass is 327 g/mol. The van der Waals surface area contributed by atoms with Crippen LogP contribution in [0.5, 0.6) is 17.2 Å². The number of hydrogen-bond donors (Lipinski definition) is 2. The number of benzene rings is 2. The van der Waals surface area contributed by atoms with Crippen LogP contribution in [0.25, 0.3) is 10.9 Å². The van der Waals surface area contributed by atoms with Crippen molar-refractivity contribution in [2.24, 2.45) is 0 Å². The molecule has 2 N–H and O–H groups in total. The highest BCUT2D eigenvalue weighted by atomic mass is 16.5. The summed E-state index contributed by atoms with van der Waals surface area (Å²) in [6.07, 6.45) is 0. The highest BCUT2D eigenvalue weighted by Crippen LogP contribution is 2.27. The van der Waals surface area contributed by atoms with Crippen molar-refractivity contribution in [3.05, 3.63) is 46.8 Å². The highest BCUT2D eigenvalue weighted by molar-refractivity contribution is 5.80. The third kappa shape index (κ3) is 3.10. The second-order valence-electron chi connectivity index (χ2n) is 5.02. The van der Waals surface area contributed by atoms with Gasteiger partial charge in [-0.25, -0.2) is 4.98 Å². The van der Waals surface area contributed by atoms with Crippen LogP contribution in [0.1, 0.15) is 0 Å². The number of methoxy groups -OCH3 is 3. The summed E-state index contributed by atoms with van der Waals surface area (Å²) in [6.45, 7) is 0. The summed E-state index contributed by atoms with van der Waals surface area (Å²) in [4.78, 5) is 19.3. The molecule has 2 aromatic carbocycles. The Labute approximate surface area is 138 Å². The smallest absolute Gasteiger partial charge is 0.260 e. The van der Waals surface area contributed by atoms with Crippen LogP contribution in [-0.4, -0.2) is 31.3 Å². The molecule has 0 fully saturated rings. The Morgan fingerprint density at radius 2 is 1.58 bits per heavy atom. The van der Waals surface area contributed by atoms with Crippen LogP contribution < -0.4 is 25.1 Å². The van der Waals surface area contributed by atoms with E-state index in [0.717, 1.165) is 0 Å². The predicted molar refractivity (Wildman–Crippen MR) is 91.7 cm³/mol. The Balaban J connectivity index is 2.02. The van der Waals surface area contributed by atoms with Crippen molar-refractivity contribution in [2.75, 3.05) is 26.6 Å². The molecule has 0 atom stereocenters. The van der Waals surface area contributed by atoms with Crippen LogP contribution in [0.15, 0.2) is 41.2 Å². The number of anilines is 2. The molecule has 7 heteroatoms. The fraction of sp³-hybridized carbons (Fsp3) is 0.176. The second-order valence-corrected chi connectivity index (χ2v) is 5.02. The van der Waals surface area contributed by atoms with Gasteiger partial charge in [0.05, 0.1) is 32.2 Å². The van der Waals surface area contributed by atoms with Gasteiger partial charge < -0.3 is 19.5 Å². The van der Waals surface area contributed by atoms with Crippen molar-refractivity contribution < 1.29 is 14.2 Å². The zero-order valence-electron chi connectivity index (χ0n) is 13.5. The van der Waals surface area contributed by atoms with E-state index in [9.17, 15) is 4.79 Å². The van der Waals surface area contributed by atoms with Crippen molar-refractivity contribution in [1.29, 1.82) is 0 Å². The third-order valence-corrected chi connectivity index (χ3v) is 3.53. The molecule has 0 aliphatic carbocycles. The molecule has 0 spiro atoms. The average Bonchev–Trinajstić information content (AvgIpc) is 2.60. The topological polar surface area (TPSA) is 85.5 Å². The summed E-state index contributed by atoms with van der Waals surface area (Å²) in [5.41, 5.74) is 0.979. The summed E-state index contributed by atoms with van der Waals surface area (Å²) in [5.74, 6) is 2.20. The van der Waals surface area contributed by atoms with Crippen LogP contribution >= 0.6 is 0 Å². The van der Waals surface area contributed by atoms with E-state index in [0.29, 0.717) is 39.8 Å². The zero-order valence-corrected chi connectivity index (χ0v) is 13.5. The van der Waals surface area contributed by atoms with Gasteiger partial charge in [0.2, 0.25) is 5.95 Å². The van der Waals surface area contributed by atoms with Crippen LogP contribution in [0.3, 0.4) is 0 Å². The number of nitrogens with one attached hydrogen (secondary N) is 2. The standard InChI is InChI=1S/C17H17N3O4/c1-22-11-4-5-14-15(9-11)19-17(20-16(14)21)18-10-6-12(23-2)8-13(7-10)24-3/h4-9H,1-3H3,(H2,18,19,20,21). The molecule has 24 heavy (non-hydrogen) atoms. The maximum Gasteiger partial charge on any atom is 0.260 e. The molecular weight excluding hydrogens is 310 g/mol. The van der Waals surface area contributed by atoms with Gasteiger partial charge in [-0.1, -0.05) is 0 Å². The minimum atomic E-state index is -0.236. The van der Waals surface area contributed by atoms with E-state index in [1.165, 1.54) is 0 Å². The lowest BCUT2D eigenvalue weighted by atomic mass is 10.2. The van der Waals surface area contributed by atoms with E-state index in [2.05, 4.69) is 15.3 Å². The molecule has 0 bridgehead atoms. The van der Waals surface area contributed by atoms with E-state index in [-0.39, 0.29) is 5.56 Å². The van der Waals surface area contributed by atoms with E-state index < -0.39 is 0 Å². The molecule has 0 saturated carbocycles.